The van der Waals surface area contributed by atoms with Crippen LogP contribution in [0.2, 0.25) is 0 Å². The Morgan fingerprint density at radius 3 is 2.38 bits per heavy atom. The van der Waals surface area contributed by atoms with E-state index in [-0.39, 0.29) is 5.69 Å². The third kappa shape index (κ3) is 4.66. The lowest BCUT2D eigenvalue weighted by molar-refractivity contribution is -0.384. The fraction of sp³-hybridized carbons (Fsp3) is 0.250. The average Bonchev–Trinajstić information content (AvgIpc) is 2.52. The lowest BCUT2D eigenvalue weighted by Gasteiger charge is -2.12. The summed E-state index contributed by atoms with van der Waals surface area (Å²) in [5.74, 6) is 0. The van der Waals surface area contributed by atoms with Crippen LogP contribution in [0.15, 0.2) is 54.6 Å². The van der Waals surface area contributed by atoms with Crippen molar-refractivity contribution in [3.05, 3.63) is 75.8 Å². The lowest BCUT2D eigenvalue weighted by Crippen LogP contribution is -2.23. The Balaban J connectivity index is 1.76. The molecule has 2 N–H and O–H groups in total. The van der Waals surface area contributed by atoms with Crippen molar-refractivity contribution in [3.63, 3.8) is 0 Å². The SMILES string of the molecule is O=[N+]([O-])c1ccc(C(O)CNCCc2ccccc2)cc1. The number of nitrogens with one attached hydrogen (secondary N) is 1. The summed E-state index contributed by atoms with van der Waals surface area (Å²) in [6, 6.07) is 16.1. The van der Waals surface area contributed by atoms with Gasteiger partial charge in [-0.25, -0.2) is 0 Å². The second-order valence-electron chi connectivity index (χ2n) is 4.80. The van der Waals surface area contributed by atoms with Crippen molar-refractivity contribution in [2.45, 2.75) is 12.5 Å². The maximum absolute atomic E-state index is 10.6. The normalized spacial score (nSPS) is 12.0. The second kappa shape index (κ2) is 7.52. The third-order valence-electron chi connectivity index (χ3n) is 3.26. The van der Waals surface area contributed by atoms with Gasteiger partial charge in [-0.05, 0) is 36.2 Å². The molecule has 1 unspecified atom stereocenters. The van der Waals surface area contributed by atoms with E-state index in [0.717, 1.165) is 13.0 Å². The molecule has 0 saturated heterocycles. The minimum absolute atomic E-state index is 0.0305. The van der Waals surface area contributed by atoms with Crippen LogP contribution in [-0.2, 0) is 6.42 Å². The predicted octanol–water partition coefficient (Wildman–Crippen LogP) is 2.46. The van der Waals surface area contributed by atoms with Crippen LogP contribution in [0.25, 0.3) is 0 Å². The molecule has 2 rings (SSSR count). The molecular formula is C16H18N2O3. The Hall–Kier alpha value is -2.24. The van der Waals surface area contributed by atoms with Gasteiger partial charge >= 0.3 is 0 Å². The molecule has 5 nitrogen and oxygen atoms in total. The summed E-state index contributed by atoms with van der Waals surface area (Å²) in [5, 5.41) is 23.8. The molecule has 2 aromatic carbocycles. The molecule has 0 heterocycles. The molecule has 0 aromatic heterocycles. The number of nitro benzene ring substituents is 1. The maximum atomic E-state index is 10.6. The van der Waals surface area contributed by atoms with Crippen LogP contribution in [0.3, 0.4) is 0 Å². The number of nitro groups is 1. The van der Waals surface area contributed by atoms with Crippen molar-refractivity contribution in [1.82, 2.24) is 5.32 Å². The third-order valence-corrected chi connectivity index (χ3v) is 3.26. The minimum Gasteiger partial charge on any atom is -0.387 e. The van der Waals surface area contributed by atoms with Gasteiger partial charge in [-0.1, -0.05) is 30.3 Å². The zero-order valence-electron chi connectivity index (χ0n) is 11.6. The van der Waals surface area contributed by atoms with Crippen molar-refractivity contribution in [3.8, 4) is 0 Å². The molecule has 0 bridgehead atoms. The van der Waals surface area contributed by atoms with E-state index in [4.69, 9.17) is 0 Å². The molecule has 5 heteroatoms. The highest BCUT2D eigenvalue weighted by Crippen LogP contribution is 2.17. The quantitative estimate of drug-likeness (QED) is 0.466. The molecule has 0 amide bonds. The first kappa shape index (κ1) is 15.2. The summed E-state index contributed by atoms with van der Waals surface area (Å²) < 4.78 is 0. The smallest absolute Gasteiger partial charge is 0.269 e. The first-order valence-corrected chi connectivity index (χ1v) is 6.84. The van der Waals surface area contributed by atoms with Crippen LogP contribution >= 0.6 is 0 Å². The summed E-state index contributed by atoms with van der Waals surface area (Å²) in [7, 11) is 0. The summed E-state index contributed by atoms with van der Waals surface area (Å²) in [4.78, 5) is 10.1. The molecule has 1 atom stereocenters. The van der Waals surface area contributed by atoms with Gasteiger partial charge in [0.2, 0.25) is 0 Å². The first-order valence-electron chi connectivity index (χ1n) is 6.84. The number of rotatable bonds is 7. The van der Waals surface area contributed by atoms with E-state index in [2.05, 4.69) is 17.4 Å². The van der Waals surface area contributed by atoms with E-state index in [1.807, 2.05) is 18.2 Å². The van der Waals surface area contributed by atoms with Crippen LogP contribution < -0.4 is 5.32 Å². The van der Waals surface area contributed by atoms with E-state index in [1.165, 1.54) is 17.7 Å². The average molecular weight is 286 g/mol. The van der Waals surface area contributed by atoms with Crippen LogP contribution in [0.5, 0.6) is 0 Å². The Morgan fingerprint density at radius 2 is 1.76 bits per heavy atom. The van der Waals surface area contributed by atoms with Gasteiger partial charge in [-0.2, -0.15) is 0 Å². The molecule has 0 spiro atoms. The van der Waals surface area contributed by atoms with Crippen molar-refractivity contribution in [1.29, 1.82) is 0 Å². The topological polar surface area (TPSA) is 75.4 Å². The summed E-state index contributed by atoms with van der Waals surface area (Å²) in [5.41, 5.74) is 1.95. The highest BCUT2D eigenvalue weighted by atomic mass is 16.6. The highest BCUT2D eigenvalue weighted by Gasteiger charge is 2.09. The molecule has 0 fully saturated rings. The molecule has 2 aromatic rings. The standard InChI is InChI=1S/C16H18N2O3/c19-16(14-6-8-15(9-7-14)18(20)21)12-17-11-10-13-4-2-1-3-5-13/h1-9,16-17,19H,10-12H2. The molecule has 110 valence electrons. The summed E-state index contributed by atoms with van der Waals surface area (Å²) >= 11 is 0. The van der Waals surface area contributed by atoms with E-state index in [0.29, 0.717) is 12.1 Å². The van der Waals surface area contributed by atoms with Crippen LogP contribution in [0, 0.1) is 10.1 Å². The lowest BCUT2D eigenvalue weighted by atomic mass is 10.1. The van der Waals surface area contributed by atoms with Crippen molar-refractivity contribution < 1.29 is 10.0 Å². The van der Waals surface area contributed by atoms with E-state index in [9.17, 15) is 15.2 Å². The molecule has 0 aliphatic heterocycles. The predicted molar refractivity (Wildman–Crippen MR) is 81.1 cm³/mol. The van der Waals surface area contributed by atoms with Gasteiger partial charge in [0.25, 0.3) is 5.69 Å². The van der Waals surface area contributed by atoms with E-state index < -0.39 is 11.0 Å². The number of non-ortho nitro benzene ring substituents is 1. The molecule has 0 aliphatic rings. The van der Waals surface area contributed by atoms with Crippen molar-refractivity contribution in [2.24, 2.45) is 0 Å². The summed E-state index contributed by atoms with van der Waals surface area (Å²) in [6.45, 7) is 1.19. The fourth-order valence-electron chi connectivity index (χ4n) is 2.05. The first-order chi connectivity index (χ1) is 10.2. The summed E-state index contributed by atoms with van der Waals surface area (Å²) in [6.07, 6.45) is 0.231. The van der Waals surface area contributed by atoms with Gasteiger partial charge in [0.15, 0.2) is 0 Å². The molecule has 21 heavy (non-hydrogen) atoms. The Morgan fingerprint density at radius 1 is 1.10 bits per heavy atom. The minimum atomic E-state index is -0.665. The van der Waals surface area contributed by atoms with Gasteiger partial charge in [0.05, 0.1) is 11.0 Å². The number of nitrogens with zero attached hydrogens (tertiary/aromatic N) is 1. The number of benzene rings is 2. The van der Waals surface area contributed by atoms with Gasteiger partial charge in [0.1, 0.15) is 0 Å². The van der Waals surface area contributed by atoms with Gasteiger partial charge in [-0.15, -0.1) is 0 Å². The second-order valence-corrected chi connectivity index (χ2v) is 4.80. The van der Waals surface area contributed by atoms with Crippen LogP contribution in [0.1, 0.15) is 17.2 Å². The fourth-order valence-corrected chi connectivity index (χ4v) is 2.05. The number of hydrogen-bond donors (Lipinski definition) is 2. The van der Waals surface area contributed by atoms with Crippen molar-refractivity contribution in [2.75, 3.05) is 13.1 Å². The Kier molecular flexibility index (Phi) is 5.43. The van der Waals surface area contributed by atoms with Crippen LogP contribution in [0.4, 0.5) is 5.69 Å². The molecule has 0 radical (unpaired) electrons. The monoisotopic (exact) mass is 286 g/mol. The highest BCUT2D eigenvalue weighted by molar-refractivity contribution is 5.33. The Labute approximate surface area is 123 Å². The van der Waals surface area contributed by atoms with Gasteiger partial charge in [0, 0.05) is 18.7 Å². The maximum Gasteiger partial charge on any atom is 0.269 e. The zero-order chi connectivity index (χ0) is 15.1. The van der Waals surface area contributed by atoms with Crippen molar-refractivity contribution >= 4 is 5.69 Å². The van der Waals surface area contributed by atoms with Crippen LogP contribution in [-0.4, -0.2) is 23.1 Å². The Bertz CT molecular complexity index is 570. The zero-order valence-corrected chi connectivity index (χ0v) is 11.6. The van der Waals surface area contributed by atoms with Gasteiger partial charge < -0.3 is 10.4 Å². The number of aliphatic hydroxyl groups excluding tert-OH is 1. The molecule has 0 saturated carbocycles. The number of hydrogen-bond acceptors (Lipinski definition) is 4. The van der Waals surface area contributed by atoms with E-state index >= 15 is 0 Å². The van der Waals surface area contributed by atoms with Gasteiger partial charge in [-0.3, -0.25) is 10.1 Å². The molecular weight excluding hydrogens is 268 g/mol. The largest absolute Gasteiger partial charge is 0.387 e. The van der Waals surface area contributed by atoms with E-state index in [1.54, 1.807) is 12.1 Å². The molecule has 0 aliphatic carbocycles. The number of aliphatic hydroxyl groups is 1.